The summed E-state index contributed by atoms with van der Waals surface area (Å²) < 4.78 is 28.5. The zero-order chi connectivity index (χ0) is 22.6. The van der Waals surface area contributed by atoms with Crippen LogP contribution < -0.4 is 5.73 Å². The first-order valence-electron chi connectivity index (χ1n) is 10.00. The number of anilines is 1. The van der Waals surface area contributed by atoms with E-state index >= 15 is 0 Å². The van der Waals surface area contributed by atoms with Crippen molar-refractivity contribution in [2.45, 2.75) is 9.10 Å². The second kappa shape index (κ2) is 7.26. The zero-order valence-electron chi connectivity index (χ0n) is 17.0. The number of rotatable bonds is 4. The highest BCUT2D eigenvalue weighted by molar-refractivity contribution is 7.93. The van der Waals surface area contributed by atoms with Gasteiger partial charge in [-0.3, -0.25) is 0 Å². The van der Waals surface area contributed by atoms with Crippen molar-refractivity contribution in [3.8, 4) is 0 Å². The summed E-state index contributed by atoms with van der Waals surface area (Å²) in [6.07, 6.45) is 3.47. The maximum atomic E-state index is 13.5. The van der Waals surface area contributed by atoms with Crippen LogP contribution in [0.15, 0.2) is 86.4 Å². The summed E-state index contributed by atoms with van der Waals surface area (Å²) in [6, 6.07) is 18.3. The normalized spacial score (nSPS) is 12.5. The minimum absolute atomic E-state index is 0.0372. The van der Waals surface area contributed by atoms with E-state index in [1.807, 2.05) is 48.7 Å². The zero-order valence-corrected chi connectivity index (χ0v) is 18.6. The largest absolute Gasteiger partial charge is 0.382 e. The number of hydrogen-bond donors (Lipinski definition) is 2. The van der Waals surface area contributed by atoms with Gasteiger partial charge in [-0.15, -0.1) is 11.3 Å². The Morgan fingerprint density at radius 1 is 1.00 bits per heavy atom. The van der Waals surface area contributed by atoms with Crippen molar-refractivity contribution < 1.29 is 8.42 Å². The fraction of sp³-hybridized carbons (Fsp3) is 0. The van der Waals surface area contributed by atoms with Crippen LogP contribution in [0.3, 0.4) is 0 Å². The molecule has 33 heavy (non-hydrogen) atoms. The maximum Gasteiger partial charge on any atom is 0.221 e. The SMILES string of the molecule is Nc1c(S(=O)(=O)c2cccs2)c2nc3ccccc3nc2n1/N=C/c1c[nH]c2ccccc12. The minimum Gasteiger partial charge on any atom is -0.382 e. The molecule has 0 aliphatic heterocycles. The summed E-state index contributed by atoms with van der Waals surface area (Å²) >= 11 is 1.12. The van der Waals surface area contributed by atoms with Crippen molar-refractivity contribution in [3.05, 3.63) is 77.8 Å². The molecular weight excluding hydrogens is 456 g/mol. The number of benzene rings is 2. The van der Waals surface area contributed by atoms with Gasteiger partial charge in [-0.05, 0) is 29.6 Å². The van der Waals surface area contributed by atoms with Crippen LogP contribution >= 0.6 is 11.3 Å². The summed E-state index contributed by atoms with van der Waals surface area (Å²) in [6.45, 7) is 0. The fourth-order valence-corrected chi connectivity index (χ4v) is 6.43. The van der Waals surface area contributed by atoms with Gasteiger partial charge in [0.2, 0.25) is 9.84 Å². The Morgan fingerprint density at radius 2 is 1.76 bits per heavy atom. The van der Waals surface area contributed by atoms with E-state index < -0.39 is 9.84 Å². The molecule has 4 heterocycles. The first kappa shape index (κ1) is 19.6. The Kier molecular flexibility index (Phi) is 4.32. The molecule has 8 nitrogen and oxygen atoms in total. The number of hydrogen-bond acceptors (Lipinski definition) is 7. The van der Waals surface area contributed by atoms with Gasteiger partial charge in [0, 0.05) is 22.7 Å². The lowest BCUT2D eigenvalue weighted by atomic mass is 10.2. The molecule has 0 spiro atoms. The molecule has 0 saturated heterocycles. The van der Waals surface area contributed by atoms with Gasteiger partial charge < -0.3 is 10.7 Å². The molecular formula is C23H16N6O2S2. The van der Waals surface area contributed by atoms with Crippen molar-refractivity contribution >= 4 is 66.3 Å². The van der Waals surface area contributed by atoms with Crippen LogP contribution in [0.1, 0.15) is 5.56 Å². The number of H-pyrrole nitrogens is 1. The van der Waals surface area contributed by atoms with Gasteiger partial charge in [0.15, 0.2) is 5.65 Å². The summed E-state index contributed by atoms with van der Waals surface area (Å²) in [4.78, 5) is 12.4. The van der Waals surface area contributed by atoms with Crippen LogP contribution in [-0.2, 0) is 9.84 Å². The molecule has 2 aromatic carbocycles. The smallest absolute Gasteiger partial charge is 0.221 e. The third kappa shape index (κ3) is 3.03. The van der Waals surface area contributed by atoms with E-state index in [1.54, 1.807) is 29.8 Å². The van der Waals surface area contributed by atoms with Crippen LogP contribution in [-0.4, -0.2) is 34.3 Å². The maximum absolute atomic E-state index is 13.5. The number of nitrogens with one attached hydrogen (secondary N) is 1. The molecule has 0 aliphatic rings. The van der Waals surface area contributed by atoms with Gasteiger partial charge in [0.05, 0.1) is 17.2 Å². The summed E-state index contributed by atoms with van der Waals surface area (Å²) in [5.74, 6) is -0.0372. The molecule has 0 bridgehead atoms. The Balaban J connectivity index is 1.63. The van der Waals surface area contributed by atoms with Gasteiger partial charge in [-0.1, -0.05) is 36.4 Å². The van der Waals surface area contributed by atoms with Crippen LogP contribution in [0.25, 0.3) is 33.1 Å². The van der Waals surface area contributed by atoms with Gasteiger partial charge in [0.1, 0.15) is 20.4 Å². The minimum atomic E-state index is -3.92. The first-order chi connectivity index (χ1) is 16.0. The number of fused-ring (bicyclic) bond motifs is 3. The molecule has 10 heteroatoms. The highest BCUT2D eigenvalue weighted by Crippen LogP contribution is 2.36. The summed E-state index contributed by atoms with van der Waals surface area (Å²) in [5, 5.41) is 7.22. The Labute approximate surface area is 191 Å². The number of thiophene rings is 1. The molecule has 3 N–H and O–H groups in total. The average molecular weight is 473 g/mol. The third-order valence-corrected chi connectivity index (χ3v) is 8.61. The molecule has 0 saturated carbocycles. The summed E-state index contributed by atoms with van der Waals surface area (Å²) in [7, 11) is -3.92. The second-order valence-electron chi connectivity index (χ2n) is 7.38. The number of nitrogens with two attached hydrogens (primary N) is 1. The number of aromatic amines is 1. The molecule has 4 aromatic heterocycles. The monoisotopic (exact) mass is 472 g/mol. The molecule has 0 fully saturated rings. The lowest BCUT2D eigenvalue weighted by Gasteiger charge is -2.02. The molecule has 0 radical (unpaired) electrons. The predicted octanol–water partition coefficient (Wildman–Crippen LogP) is 4.42. The molecule has 162 valence electrons. The molecule has 0 unspecified atom stereocenters. The van der Waals surface area contributed by atoms with Crippen molar-refractivity contribution in [3.63, 3.8) is 0 Å². The van der Waals surface area contributed by atoms with Crippen LogP contribution in [0.5, 0.6) is 0 Å². The topological polar surface area (TPSA) is 119 Å². The van der Waals surface area contributed by atoms with Crippen LogP contribution in [0, 0.1) is 0 Å². The molecule has 0 atom stereocenters. The van der Waals surface area contributed by atoms with E-state index in [2.05, 4.69) is 20.1 Å². The van der Waals surface area contributed by atoms with Gasteiger partial charge >= 0.3 is 0 Å². The lowest BCUT2D eigenvalue weighted by Crippen LogP contribution is -2.05. The van der Waals surface area contributed by atoms with E-state index in [-0.39, 0.29) is 26.1 Å². The van der Waals surface area contributed by atoms with E-state index in [0.717, 1.165) is 27.8 Å². The first-order valence-corrected chi connectivity index (χ1v) is 12.4. The van der Waals surface area contributed by atoms with E-state index in [0.29, 0.717) is 11.0 Å². The van der Waals surface area contributed by atoms with E-state index in [9.17, 15) is 8.42 Å². The highest BCUT2D eigenvalue weighted by atomic mass is 32.2. The number of para-hydroxylation sites is 3. The molecule has 6 rings (SSSR count). The van der Waals surface area contributed by atoms with Crippen molar-refractivity contribution in [1.82, 2.24) is 19.6 Å². The highest BCUT2D eigenvalue weighted by Gasteiger charge is 2.31. The van der Waals surface area contributed by atoms with Gasteiger partial charge in [-0.25, -0.2) is 18.4 Å². The van der Waals surface area contributed by atoms with Crippen molar-refractivity contribution in [1.29, 1.82) is 0 Å². The van der Waals surface area contributed by atoms with Crippen molar-refractivity contribution in [2.75, 3.05) is 5.73 Å². The Hall–Kier alpha value is -4.02. The van der Waals surface area contributed by atoms with Crippen LogP contribution in [0.2, 0.25) is 0 Å². The standard InChI is InChI=1S/C23H16N6O2S2/c24-22-21(33(30,31)19-10-5-11-32-19)20-23(28-18-9-4-3-8-17(18)27-20)29(22)26-13-14-12-25-16-7-2-1-6-15(14)16/h1-13,25H,24H2/b26-13+. The number of aromatic nitrogens is 4. The second-order valence-corrected chi connectivity index (χ2v) is 10.4. The number of nitrogens with zero attached hydrogens (tertiary/aromatic N) is 4. The third-order valence-electron chi connectivity index (χ3n) is 5.39. The van der Waals surface area contributed by atoms with Crippen LogP contribution in [0.4, 0.5) is 5.82 Å². The Bertz CT molecular complexity index is 1800. The molecule has 0 aliphatic carbocycles. The number of sulfone groups is 1. The Morgan fingerprint density at radius 3 is 2.55 bits per heavy atom. The average Bonchev–Trinajstić information content (AvgIpc) is 3.55. The summed E-state index contributed by atoms with van der Waals surface area (Å²) in [5.41, 5.74) is 9.87. The molecule has 6 aromatic rings. The predicted molar refractivity (Wildman–Crippen MR) is 131 cm³/mol. The fourth-order valence-electron chi connectivity index (χ4n) is 3.84. The van der Waals surface area contributed by atoms with E-state index in [4.69, 9.17) is 5.73 Å². The van der Waals surface area contributed by atoms with Gasteiger partial charge in [-0.2, -0.15) is 9.78 Å². The lowest BCUT2D eigenvalue weighted by molar-refractivity contribution is 0.599. The molecule has 0 amide bonds. The van der Waals surface area contributed by atoms with Crippen molar-refractivity contribution in [2.24, 2.45) is 5.10 Å². The van der Waals surface area contributed by atoms with Gasteiger partial charge in [0.25, 0.3) is 0 Å². The number of nitrogen functional groups attached to an aromatic ring is 1. The van der Waals surface area contributed by atoms with E-state index in [1.165, 1.54) is 4.68 Å². The quantitative estimate of drug-likeness (QED) is 0.368.